The highest BCUT2D eigenvalue weighted by Gasteiger charge is 2.51. The lowest BCUT2D eigenvalue weighted by Crippen LogP contribution is -2.62. The molecule has 1 aliphatic heterocycles. The van der Waals surface area contributed by atoms with Crippen LogP contribution in [0.15, 0.2) is 0 Å². The summed E-state index contributed by atoms with van der Waals surface area (Å²) < 4.78 is 8.81. The van der Waals surface area contributed by atoms with E-state index in [1.807, 2.05) is 0 Å². The minimum absolute atomic E-state index is 0.442. The monoisotopic (exact) mass is 208 g/mol. The van der Waals surface area contributed by atoms with E-state index in [2.05, 4.69) is 9.47 Å². The number of ether oxygens (including phenoxy) is 2. The smallest absolute Gasteiger partial charge is 0.357 e. The van der Waals surface area contributed by atoms with Crippen LogP contribution >= 0.6 is 0 Å². The topological polar surface area (TPSA) is 116 Å². The molecule has 0 aromatic rings. The molecular formula is C7H12O7. The quantitative estimate of drug-likeness (QED) is 0.274. The average Bonchev–Trinajstić information content (AvgIpc) is 2.08. The van der Waals surface area contributed by atoms with E-state index in [9.17, 15) is 15.0 Å². The highest BCUT2D eigenvalue weighted by Crippen LogP contribution is 2.24. The molecule has 82 valence electrons. The van der Waals surface area contributed by atoms with E-state index < -0.39 is 36.9 Å². The van der Waals surface area contributed by atoms with Crippen molar-refractivity contribution in [3.63, 3.8) is 0 Å². The zero-order chi connectivity index (χ0) is 10.9. The zero-order valence-electron chi connectivity index (χ0n) is 7.45. The molecule has 0 amide bonds. The summed E-state index contributed by atoms with van der Waals surface area (Å²) in [6.45, 7) is 0.563. The van der Waals surface area contributed by atoms with Crippen molar-refractivity contribution in [1.82, 2.24) is 0 Å². The third-order valence-electron chi connectivity index (χ3n) is 1.84. The summed E-state index contributed by atoms with van der Waals surface area (Å²) in [5.41, 5.74) is 0. The molecule has 0 radical (unpaired) electrons. The number of carbonyl (C=O) groups is 1. The molecule has 0 aromatic carbocycles. The van der Waals surface area contributed by atoms with Crippen LogP contribution in [0.2, 0.25) is 0 Å². The maximum absolute atomic E-state index is 10.5. The van der Waals surface area contributed by atoms with Gasteiger partial charge in [0, 0.05) is 6.92 Å². The summed E-state index contributed by atoms with van der Waals surface area (Å²) in [4.78, 5) is 10.5. The summed E-state index contributed by atoms with van der Waals surface area (Å²) >= 11 is 0. The fourth-order valence-corrected chi connectivity index (χ4v) is 1.11. The molecule has 0 aliphatic carbocycles. The number of aliphatic hydroxyl groups is 4. The van der Waals surface area contributed by atoms with Crippen molar-refractivity contribution in [2.45, 2.75) is 31.2 Å². The lowest BCUT2D eigenvalue weighted by Gasteiger charge is -2.39. The second-order valence-corrected chi connectivity index (χ2v) is 3.04. The highest BCUT2D eigenvalue weighted by atomic mass is 16.8. The van der Waals surface area contributed by atoms with Gasteiger partial charge in [0.05, 0.1) is 6.61 Å². The van der Waals surface area contributed by atoms with Gasteiger partial charge in [-0.05, 0) is 0 Å². The number of aliphatic hydroxyl groups excluding tert-OH is 3. The van der Waals surface area contributed by atoms with E-state index in [1.165, 1.54) is 0 Å². The predicted octanol–water partition coefficient (Wildman–Crippen LogP) is -2.69. The Kier molecular flexibility index (Phi) is 3.07. The number of hydrogen-bond acceptors (Lipinski definition) is 7. The molecule has 1 saturated heterocycles. The van der Waals surface area contributed by atoms with E-state index in [4.69, 9.17) is 10.2 Å². The fourth-order valence-electron chi connectivity index (χ4n) is 1.11. The van der Waals surface area contributed by atoms with Crippen molar-refractivity contribution in [2.24, 2.45) is 0 Å². The molecule has 1 aliphatic rings. The molecule has 0 spiro atoms. The summed E-state index contributed by atoms with van der Waals surface area (Å²) in [5, 5.41) is 36.9. The Balaban J connectivity index is 2.74. The van der Waals surface area contributed by atoms with Gasteiger partial charge in [-0.25, -0.2) is 0 Å². The molecule has 1 heterocycles. The van der Waals surface area contributed by atoms with Crippen molar-refractivity contribution in [3.8, 4) is 0 Å². The second-order valence-electron chi connectivity index (χ2n) is 3.04. The molecule has 1 fully saturated rings. The Morgan fingerprint density at radius 1 is 1.50 bits per heavy atom. The molecule has 7 nitrogen and oxygen atoms in total. The first-order chi connectivity index (χ1) is 6.37. The van der Waals surface area contributed by atoms with Crippen LogP contribution in [0.3, 0.4) is 0 Å². The van der Waals surface area contributed by atoms with Crippen molar-refractivity contribution < 1.29 is 34.7 Å². The molecule has 0 saturated carbocycles. The first-order valence-corrected chi connectivity index (χ1v) is 3.97. The van der Waals surface area contributed by atoms with Crippen LogP contribution in [0, 0.1) is 0 Å². The van der Waals surface area contributed by atoms with E-state index in [0.717, 1.165) is 6.92 Å². The molecule has 7 heteroatoms. The van der Waals surface area contributed by atoms with Crippen molar-refractivity contribution in [2.75, 3.05) is 6.61 Å². The SMILES string of the molecule is CC(=O)OC1(O)OC[C@@H](O)[C@H](O)[C@H]1O. The molecule has 1 unspecified atom stereocenters. The minimum Gasteiger partial charge on any atom is -0.406 e. The van der Waals surface area contributed by atoms with Gasteiger partial charge in [0.1, 0.15) is 12.2 Å². The van der Waals surface area contributed by atoms with Crippen LogP contribution in [0.1, 0.15) is 6.92 Å². The van der Waals surface area contributed by atoms with Crippen LogP contribution in [0.5, 0.6) is 0 Å². The Morgan fingerprint density at radius 2 is 2.07 bits per heavy atom. The van der Waals surface area contributed by atoms with Crippen molar-refractivity contribution >= 4 is 5.97 Å². The third kappa shape index (κ3) is 2.02. The highest BCUT2D eigenvalue weighted by molar-refractivity contribution is 5.66. The Morgan fingerprint density at radius 3 is 2.57 bits per heavy atom. The standard InChI is InChI=1S/C7H12O7/c1-3(8)14-7(12)6(11)5(10)4(9)2-13-7/h4-6,9-12H,2H2,1H3/t4-,5+,6-,7?/m1/s1. The van der Waals surface area contributed by atoms with Crippen LogP contribution < -0.4 is 0 Å². The van der Waals surface area contributed by atoms with Gasteiger partial charge in [-0.3, -0.25) is 4.79 Å². The van der Waals surface area contributed by atoms with Gasteiger partial charge in [0.2, 0.25) is 0 Å². The Labute approximate surface area is 79.5 Å². The average molecular weight is 208 g/mol. The van der Waals surface area contributed by atoms with E-state index >= 15 is 0 Å². The second kappa shape index (κ2) is 3.79. The lowest BCUT2D eigenvalue weighted by molar-refractivity contribution is -0.414. The van der Waals surface area contributed by atoms with Gasteiger partial charge in [0.15, 0.2) is 6.10 Å². The van der Waals surface area contributed by atoms with Crippen molar-refractivity contribution in [1.29, 1.82) is 0 Å². The summed E-state index contributed by atoms with van der Waals surface area (Å²) in [7, 11) is 0. The van der Waals surface area contributed by atoms with E-state index in [0.29, 0.717) is 0 Å². The summed E-state index contributed by atoms with van der Waals surface area (Å²) in [6.07, 6.45) is -4.87. The maximum atomic E-state index is 10.5. The molecule has 1 rings (SSSR count). The van der Waals surface area contributed by atoms with Crippen LogP contribution in [-0.2, 0) is 14.3 Å². The Bertz CT molecular complexity index is 230. The normalized spacial score (nSPS) is 43.4. The number of carbonyl (C=O) groups excluding carboxylic acids is 1. The first-order valence-electron chi connectivity index (χ1n) is 3.97. The van der Waals surface area contributed by atoms with E-state index in [1.54, 1.807) is 0 Å². The molecule has 4 atom stereocenters. The molecule has 0 bridgehead atoms. The number of esters is 1. The summed E-state index contributed by atoms with van der Waals surface area (Å²) in [6, 6.07) is 0. The number of hydrogen-bond donors (Lipinski definition) is 4. The molecule has 4 N–H and O–H groups in total. The van der Waals surface area contributed by atoms with Crippen LogP contribution in [0.4, 0.5) is 0 Å². The summed E-state index contributed by atoms with van der Waals surface area (Å²) in [5.74, 6) is -3.47. The predicted molar refractivity (Wildman–Crippen MR) is 40.7 cm³/mol. The van der Waals surface area contributed by atoms with Gasteiger partial charge in [-0.15, -0.1) is 0 Å². The largest absolute Gasteiger partial charge is 0.406 e. The van der Waals surface area contributed by atoms with Gasteiger partial charge in [-0.1, -0.05) is 0 Å². The molecule has 14 heavy (non-hydrogen) atoms. The van der Waals surface area contributed by atoms with Gasteiger partial charge >= 0.3 is 11.9 Å². The first kappa shape index (κ1) is 11.3. The van der Waals surface area contributed by atoms with Gasteiger partial charge in [-0.2, -0.15) is 0 Å². The van der Waals surface area contributed by atoms with Crippen LogP contribution in [-0.4, -0.2) is 57.3 Å². The minimum atomic E-state index is -2.59. The Hall–Kier alpha value is -0.730. The van der Waals surface area contributed by atoms with Crippen molar-refractivity contribution in [3.05, 3.63) is 0 Å². The molecule has 0 aromatic heterocycles. The third-order valence-corrected chi connectivity index (χ3v) is 1.84. The van der Waals surface area contributed by atoms with E-state index in [-0.39, 0.29) is 0 Å². The number of rotatable bonds is 1. The lowest BCUT2D eigenvalue weighted by atomic mass is 10.0. The zero-order valence-corrected chi connectivity index (χ0v) is 7.45. The van der Waals surface area contributed by atoms with Gasteiger partial charge in [0.25, 0.3) is 0 Å². The fraction of sp³-hybridized carbons (Fsp3) is 0.857. The van der Waals surface area contributed by atoms with Gasteiger partial charge < -0.3 is 29.9 Å². The van der Waals surface area contributed by atoms with Crippen LogP contribution in [0.25, 0.3) is 0 Å². The molecular weight excluding hydrogens is 196 g/mol. The maximum Gasteiger partial charge on any atom is 0.357 e.